The molecule has 1 aromatic rings. The van der Waals surface area contributed by atoms with Gasteiger partial charge in [0.25, 0.3) is 5.91 Å². The standard InChI is InChI=1S/C35H51N7O2/c1-3-4-25(8-7-24-5-6-24)20-37-32-18-33(38-28-13-15-42(16-14-28)29-21-44-22-29)41-34(40-32)31(19-36)26-9-12-30(23(2)17-26)35(43)39-27-10-11-27/h9,12,17-19,24-25,27-29,36-37,40H,3-8,10-11,13-16,20-22H2,1-2H3,(H,38,41)(H,39,43)/b34-31-,36-19?. The van der Waals surface area contributed by atoms with E-state index in [-0.39, 0.29) is 5.91 Å². The molecule has 2 aliphatic carbocycles. The number of allylic oxidation sites excluding steroid dienone is 1. The largest absolute Gasteiger partial charge is 0.378 e. The fourth-order valence-corrected chi connectivity index (χ4v) is 6.58. The number of likely N-dealkylation sites (tertiary alicyclic amines) is 1. The number of hydrogen-bond donors (Lipinski definition) is 5. The third-order valence-electron chi connectivity index (χ3n) is 9.84. The zero-order chi connectivity index (χ0) is 30.5. The van der Waals surface area contributed by atoms with Crippen molar-refractivity contribution < 1.29 is 9.53 Å². The Morgan fingerprint density at radius 2 is 1.93 bits per heavy atom. The summed E-state index contributed by atoms with van der Waals surface area (Å²) in [5, 5.41) is 22.5. The van der Waals surface area contributed by atoms with Crippen molar-refractivity contribution in [1.29, 1.82) is 5.41 Å². The number of amidine groups is 1. The predicted molar refractivity (Wildman–Crippen MR) is 177 cm³/mol. The average molecular weight is 602 g/mol. The van der Waals surface area contributed by atoms with Gasteiger partial charge in [-0.3, -0.25) is 9.69 Å². The molecular formula is C35H51N7O2. The summed E-state index contributed by atoms with van der Waals surface area (Å²) in [6.07, 6.45) is 15.6. The highest BCUT2D eigenvalue weighted by atomic mass is 16.5. The van der Waals surface area contributed by atoms with E-state index in [1.54, 1.807) is 0 Å². The average Bonchev–Trinajstić information content (AvgIpc) is 3.92. The Morgan fingerprint density at radius 1 is 1.14 bits per heavy atom. The van der Waals surface area contributed by atoms with Crippen LogP contribution in [0.3, 0.4) is 0 Å². The molecule has 0 bridgehead atoms. The van der Waals surface area contributed by atoms with Crippen LogP contribution in [0.1, 0.15) is 92.6 Å². The van der Waals surface area contributed by atoms with Crippen LogP contribution >= 0.6 is 0 Å². The molecule has 44 heavy (non-hydrogen) atoms. The number of rotatable bonds is 14. The van der Waals surface area contributed by atoms with Crippen LogP contribution in [-0.2, 0) is 4.74 Å². The van der Waals surface area contributed by atoms with Crippen LogP contribution in [0.5, 0.6) is 0 Å². The fraction of sp³-hybridized carbons (Fsp3) is 0.629. The van der Waals surface area contributed by atoms with Crippen molar-refractivity contribution in [2.24, 2.45) is 16.8 Å². The van der Waals surface area contributed by atoms with E-state index in [0.717, 1.165) is 87.2 Å². The number of aliphatic imine (C=N–C) groups is 1. The van der Waals surface area contributed by atoms with E-state index in [2.05, 4.69) is 39.2 Å². The number of aryl methyl sites for hydroxylation is 1. The topological polar surface area (TPSA) is 114 Å². The Morgan fingerprint density at radius 3 is 2.57 bits per heavy atom. The molecule has 3 aliphatic heterocycles. The van der Waals surface area contributed by atoms with Crippen LogP contribution in [0.15, 0.2) is 40.9 Å². The van der Waals surface area contributed by atoms with Crippen LogP contribution in [0.2, 0.25) is 0 Å². The molecule has 9 nitrogen and oxygen atoms in total. The zero-order valence-electron chi connectivity index (χ0n) is 26.6. The number of nitrogens with zero attached hydrogens (tertiary/aromatic N) is 2. The Bertz CT molecular complexity index is 1280. The number of amides is 1. The van der Waals surface area contributed by atoms with Crippen LogP contribution < -0.4 is 21.3 Å². The summed E-state index contributed by atoms with van der Waals surface area (Å²) in [5.74, 6) is 3.97. The van der Waals surface area contributed by atoms with Crippen molar-refractivity contribution in [2.75, 3.05) is 32.8 Å². The Labute approximate surface area is 262 Å². The molecule has 0 spiro atoms. The minimum Gasteiger partial charge on any atom is -0.378 e. The van der Waals surface area contributed by atoms with Gasteiger partial charge in [0, 0.05) is 55.1 Å². The lowest BCUT2D eigenvalue weighted by Gasteiger charge is -2.41. The van der Waals surface area contributed by atoms with Gasteiger partial charge in [0.15, 0.2) is 0 Å². The lowest BCUT2D eigenvalue weighted by Crippen LogP contribution is -2.54. The van der Waals surface area contributed by atoms with E-state index in [1.807, 2.05) is 25.1 Å². The molecule has 1 amide bonds. The van der Waals surface area contributed by atoms with Crippen LogP contribution in [0.25, 0.3) is 5.57 Å². The van der Waals surface area contributed by atoms with Crippen LogP contribution in [-0.4, -0.2) is 73.8 Å². The van der Waals surface area contributed by atoms with Crippen molar-refractivity contribution >= 4 is 23.5 Å². The van der Waals surface area contributed by atoms with Gasteiger partial charge in [-0.05, 0) is 74.5 Å². The summed E-state index contributed by atoms with van der Waals surface area (Å²) < 4.78 is 5.42. The van der Waals surface area contributed by atoms with E-state index in [1.165, 1.54) is 44.7 Å². The molecule has 9 heteroatoms. The molecule has 1 unspecified atom stereocenters. The molecule has 238 valence electrons. The second kappa shape index (κ2) is 14.3. The molecule has 5 aliphatic rings. The Hall–Kier alpha value is -3.17. The normalized spacial score (nSPS) is 23.0. The van der Waals surface area contributed by atoms with Gasteiger partial charge in [0.2, 0.25) is 0 Å². The second-order valence-electron chi connectivity index (χ2n) is 13.6. The molecule has 6 rings (SSSR count). The van der Waals surface area contributed by atoms with Gasteiger partial charge in [-0.15, -0.1) is 0 Å². The highest BCUT2D eigenvalue weighted by molar-refractivity contribution is 6.11. The number of nitrogens with one attached hydrogen (secondary N) is 5. The molecular weight excluding hydrogens is 550 g/mol. The lowest BCUT2D eigenvalue weighted by molar-refractivity contribution is -0.0714. The SMILES string of the molecule is CCCC(CCC1CC1)CNC1=CC(NC2CCN(C3COC3)CC2)=N/C(=C(/C=N)c2ccc(C(=O)NC3CC3)c(C)c2)N1. The molecule has 1 aromatic carbocycles. The van der Waals surface area contributed by atoms with Gasteiger partial charge < -0.3 is 31.4 Å². The summed E-state index contributed by atoms with van der Waals surface area (Å²) >= 11 is 0. The van der Waals surface area contributed by atoms with Gasteiger partial charge >= 0.3 is 0 Å². The fourth-order valence-electron chi connectivity index (χ4n) is 6.58. The minimum atomic E-state index is -0.0190. The number of ether oxygens (including phenoxy) is 1. The minimum absolute atomic E-state index is 0.0190. The zero-order valence-corrected chi connectivity index (χ0v) is 26.6. The van der Waals surface area contributed by atoms with Gasteiger partial charge in [-0.25, -0.2) is 4.99 Å². The molecule has 4 fully saturated rings. The molecule has 1 atom stereocenters. The molecule has 5 N–H and O–H groups in total. The van der Waals surface area contributed by atoms with Gasteiger partial charge in [-0.2, -0.15) is 0 Å². The number of piperidine rings is 1. The van der Waals surface area contributed by atoms with E-state index in [4.69, 9.17) is 15.1 Å². The van der Waals surface area contributed by atoms with Gasteiger partial charge in [-0.1, -0.05) is 44.7 Å². The van der Waals surface area contributed by atoms with Crippen molar-refractivity contribution in [1.82, 2.24) is 26.2 Å². The van der Waals surface area contributed by atoms with Crippen molar-refractivity contribution in [3.63, 3.8) is 0 Å². The van der Waals surface area contributed by atoms with Crippen LogP contribution in [0.4, 0.5) is 0 Å². The van der Waals surface area contributed by atoms with E-state index >= 15 is 0 Å². The van der Waals surface area contributed by atoms with Crippen molar-refractivity contribution in [2.45, 2.75) is 96.2 Å². The second-order valence-corrected chi connectivity index (χ2v) is 13.6. The van der Waals surface area contributed by atoms with Crippen LogP contribution in [0, 0.1) is 24.2 Å². The molecule has 0 aromatic heterocycles. The first-order valence-corrected chi connectivity index (χ1v) is 17.0. The highest BCUT2D eigenvalue weighted by Gasteiger charge is 2.30. The monoisotopic (exact) mass is 601 g/mol. The van der Waals surface area contributed by atoms with E-state index in [9.17, 15) is 4.79 Å². The third-order valence-corrected chi connectivity index (χ3v) is 9.84. The number of benzene rings is 1. The number of hydrogen-bond acceptors (Lipinski definition) is 8. The summed E-state index contributed by atoms with van der Waals surface area (Å²) in [4.78, 5) is 20.3. The van der Waals surface area contributed by atoms with E-state index < -0.39 is 0 Å². The van der Waals surface area contributed by atoms with Gasteiger partial charge in [0.05, 0.1) is 19.3 Å². The van der Waals surface area contributed by atoms with Crippen molar-refractivity contribution in [3.8, 4) is 0 Å². The molecule has 2 saturated heterocycles. The maximum absolute atomic E-state index is 12.7. The molecule has 0 radical (unpaired) electrons. The first-order chi connectivity index (χ1) is 21.5. The highest BCUT2D eigenvalue weighted by Crippen LogP contribution is 2.35. The summed E-state index contributed by atoms with van der Waals surface area (Å²) in [7, 11) is 0. The molecule has 2 saturated carbocycles. The summed E-state index contributed by atoms with van der Waals surface area (Å²) in [6, 6.07) is 7.06. The maximum atomic E-state index is 12.7. The predicted octanol–water partition coefficient (Wildman–Crippen LogP) is 4.70. The molecule has 3 heterocycles. The quantitative estimate of drug-likeness (QED) is 0.198. The maximum Gasteiger partial charge on any atom is 0.251 e. The number of carbonyl (C=O) groups excluding carboxylic acids is 1. The number of carbonyl (C=O) groups is 1. The summed E-state index contributed by atoms with van der Waals surface area (Å²) in [6.45, 7) is 9.03. The van der Waals surface area contributed by atoms with E-state index in [0.29, 0.717) is 41.0 Å². The van der Waals surface area contributed by atoms with Crippen molar-refractivity contribution in [3.05, 3.63) is 52.6 Å². The Kier molecular flexibility index (Phi) is 10.0. The first-order valence-electron chi connectivity index (χ1n) is 17.0. The third kappa shape index (κ3) is 8.10. The lowest BCUT2D eigenvalue weighted by atomic mass is 9.96. The first kappa shape index (κ1) is 30.8. The van der Waals surface area contributed by atoms with Gasteiger partial charge in [0.1, 0.15) is 17.5 Å². The Balaban J connectivity index is 1.19. The smallest absolute Gasteiger partial charge is 0.251 e. The summed E-state index contributed by atoms with van der Waals surface area (Å²) in [5.41, 5.74) is 3.16.